The smallest absolute Gasteiger partial charge is 0.130 e. The number of hydrogen-bond donors (Lipinski definition) is 1. The van der Waals surface area contributed by atoms with Gasteiger partial charge in [0.25, 0.3) is 0 Å². The van der Waals surface area contributed by atoms with Gasteiger partial charge >= 0.3 is 0 Å². The molecule has 5 heteroatoms. The molecule has 0 radical (unpaired) electrons. The zero-order valence-electron chi connectivity index (χ0n) is 12.1. The van der Waals surface area contributed by atoms with Crippen molar-refractivity contribution in [2.24, 2.45) is 0 Å². The van der Waals surface area contributed by atoms with Crippen LogP contribution < -0.4 is 10.1 Å². The molecule has 1 heterocycles. The molecule has 20 heavy (non-hydrogen) atoms. The number of ether oxygens (including phenoxy) is 1. The van der Waals surface area contributed by atoms with E-state index in [2.05, 4.69) is 10.3 Å². The molecule has 0 fully saturated rings. The Hall–Kier alpha value is -1.88. The Morgan fingerprint density at radius 1 is 1.45 bits per heavy atom. The number of aromatic nitrogens is 2. The van der Waals surface area contributed by atoms with E-state index < -0.39 is 0 Å². The molecule has 1 aromatic heterocycles. The summed E-state index contributed by atoms with van der Waals surface area (Å²) in [5.41, 5.74) is 1.91. The van der Waals surface area contributed by atoms with E-state index in [1.165, 1.54) is 12.1 Å². The van der Waals surface area contributed by atoms with Crippen LogP contribution in [0, 0.1) is 5.82 Å². The molecule has 1 aromatic carbocycles. The average molecular weight is 277 g/mol. The number of hydrogen-bond acceptors (Lipinski definition) is 3. The van der Waals surface area contributed by atoms with Crippen LogP contribution in [0.15, 0.2) is 30.7 Å². The molecule has 1 unspecified atom stereocenters. The highest BCUT2D eigenvalue weighted by molar-refractivity contribution is 5.36. The minimum absolute atomic E-state index is 0.0988. The van der Waals surface area contributed by atoms with Gasteiger partial charge in [0.15, 0.2) is 0 Å². The van der Waals surface area contributed by atoms with Crippen LogP contribution in [0.2, 0.25) is 0 Å². The minimum atomic E-state index is -0.295. The summed E-state index contributed by atoms with van der Waals surface area (Å²) in [7, 11) is 1.87. The number of benzene rings is 1. The van der Waals surface area contributed by atoms with Crippen LogP contribution in [0.25, 0.3) is 0 Å². The third-order valence-corrected chi connectivity index (χ3v) is 3.39. The van der Waals surface area contributed by atoms with E-state index in [1.807, 2.05) is 25.5 Å². The fourth-order valence-corrected chi connectivity index (χ4v) is 2.05. The quantitative estimate of drug-likeness (QED) is 0.882. The first-order chi connectivity index (χ1) is 9.65. The average Bonchev–Trinajstić information content (AvgIpc) is 2.91. The molecule has 2 rings (SSSR count). The van der Waals surface area contributed by atoms with Crippen LogP contribution in [0.3, 0.4) is 0 Å². The monoisotopic (exact) mass is 277 g/mol. The second-order valence-corrected chi connectivity index (χ2v) is 4.65. The van der Waals surface area contributed by atoms with Gasteiger partial charge in [0.2, 0.25) is 0 Å². The Labute approximate surface area is 118 Å². The summed E-state index contributed by atoms with van der Waals surface area (Å²) in [6.07, 6.45) is 3.53. The van der Waals surface area contributed by atoms with Crippen LogP contribution in [-0.4, -0.2) is 16.6 Å². The van der Waals surface area contributed by atoms with E-state index in [-0.39, 0.29) is 11.9 Å². The van der Waals surface area contributed by atoms with E-state index in [1.54, 1.807) is 18.6 Å². The standard InChI is InChI=1S/C15H20FN3O/c1-4-19-10-18-8-13(19)9-20-15-7-12(16)5-6-14(15)11(2)17-3/h5-8,10-11,17H,4,9H2,1-3H3. The Balaban J connectivity index is 2.18. The summed E-state index contributed by atoms with van der Waals surface area (Å²) in [6.45, 7) is 5.26. The van der Waals surface area contributed by atoms with Crippen LogP contribution in [0.5, 0.6) is 5.75 Å². The van der Waals surface area contributed by atoms with E-state index in [0.29, 0.717) is 12.4 Å². The summed E-state index contributed by atoms with van der Waals surface area (Å²) in [6, 6.07) is 4.73. The molecule has 0 saturated carbocycles. The van der Waals surface area contributed by atoms with Crippen LogP contribution in [0.1, 0.15) is 31.1 Å². The van der Waals surface area contributed by atoms with Gasteiger partial charge in [0.05, 0.1) is 18.2 Å². The highest BCUT2D eigenvalue weighted by atomic mass is 19.1. The molecule has 108 valence electrons. The molecular weight excluding hydrogens is 257 g/mol. The van der Waals surface area contributed by atoms with Gasteiger partial charge in [0.1, 0.15) is 18.2 Å². The van der Waals surface area contributed by atoms with Crippen molar-refractivity contribution in [2.45, 2.75) is 33.0 Å². The summed E-state index contributed by atoms with van der Waals surface area (Å²) < 4.78 is 21.2. The van der Waals surface area contributed by atoms with E-state index in [9.17, 15) is 4.39 Å². The number of halogens is 1. The maximum atomic E-state index is 13.4. The fourth-order valence-electron chi connectivity index (χ4n) is 2.05. The number of imidazole rings is 1. The molecule has 0 saturated heterocycles. The molecule has 1 atom stereocenters. The lowest BCUT2D eigenvalue weighted by Gasteiger charge is -2.17. The molecule has 1 N–H and O–H groups in total. The maximum absolute atomic E-state index is 13.4. The lowest BCUT2D eigenvalue weighted by molar-refractivity contribution is 0.288. The molecular formula is C15H20FN3O. The normalized spacial score (nSPS) is 12.4. The molecule has 0 spiro atoms. The number of nitrogens with zero attached hydrogens (tertiary/aromatic N) is 2. The zero-order valence-corrected chi connectivity index (χ0v) is 12.1. The second-order valence-electron chi connectivity index (χ2n) is 4.65. The number of nitrogens with one attached hydrogen (secondary N) is 1. The molecule has 0 amide bonds. The minimum Gasteiger partial charge on any atom is -0.487 e. The first kappa shape index (κ1) is 14.5. The summed E-state index contributed by atoms with van der Waals surface area (Å²) in [5, 5.41) is 3.14. The van der Waals surface area contributed by atoms with Crippen LogP contribution >= 0.6 is 0 Å². The predicted octanol–water partition coefficient (Wildman–Crippen LogP) is 2.90. The van der Waals surface area contributed by atoms with Crippen molar-refractivity contribution in [3.63, 3.8) is 0 Å². The first-order valence-corrected chi connectivity index (χ1v) is 6.74. The van der Waals surface area contributed by atoms with Crippen LogP contribution in [0.4, 0.5) is 4.39 Å². The molecule has 0 bridgehead atoms. The van der Waals surface area contributed by atoms with Crippen molar-refractivity contribution in [3.05, 3.63) is 47.8 Å². The number of rotatable bonds is 6. The third-order valence-electron chi connectivity index (χ3n) is 3.39. The van der Waals surface area contributed by atoms with Crippen molar-refractivity contribution < 1.29 is 9.13 Å². The fraction of sp³-hybridized carbons (Fsp3) is 0.400. The summed E-state index contributed by atoms with van der Waals surface area (Å²) in [5.74, 6) is 0.270. The highest BCUT2D eigenvalue weighted by Crippen LogP contribution is 2.26. The molecule has 2 aromatic rings. The van der Waals surface area contributed by atoms with Crippen molar-refractivity contribution in [1.82, 2.24) is 14.9 Å². The Kier molecular flexibility index (Phi) is 4.74. The highest BCUT2D eigenvalue weighted by Gasteiger charge is 2.12. The van der Waals surface area contributed by atoms with Crippen LogP contribution in [-0.2, 0) is 13.2 Å². The van der Waals surface area contributed by atoms with E-state index in [0.717, 1.165) is 17.8 Å². The summed E-state index contributed by atoms with van der Waals surface area (Å²) in [4.78, 5) is 4.09. The molecule has 4 nitrogen and oxygen atoms in total. The lowest BCUT2D eigenvalue weighted by Crippen LogP contribution is -2.14. The van der Waals surface area contributed by atoms with Gasteiger partial charge in [0, 0.05) is 24.2 Å². The number of aryl methyl sites for hydroxylation is 1. The van der Waals surface area contributed by atoms with Gasteiger partial charge in [-0.15, -0.1) is 0 Å². The topological polar surface area (TPSA) is 39.1 Å². The Morgan fingerprint density at radius 2 is 2.25 bits per heavy atom. The molecule has 0 aliphatic carbocycles. The van der Waals surface area contributed by atoms with E-state index in [4.69, 9.17) is 4.74 Å². The largest absolute Gasteiger partial charge is 0.487 e. The Morgan fingerprint density at radius 3 is 2.95 bits per heavy atom. The van der Waals surface area contributed by atoms with Crippen molar-refractivity contribution in [2.75, 3.05) is 7.05 Å². The molecule has 0 aliphatic heterocycles. The predicted molar refractivity (Wildman–Crippen MR) is 76.1 cm³/mol. The lowest BCUT2D eigenvalue weighted by atomic mass is 10.1. The Bertz CT molecular complexity index is 568. The summed E-state index contributed by atoms with van der Waals surface area (Å²) >= 11 is 0. The van der Waals surface area contributed by atoms with Gasteiger partial charge < -0.3 is 14.6 Å². The van der Waals surface area contributed by atoms with Crippen molar-refractivity contribution in [3.8, 4) is 5.75 Å². The van der Waals surface area contributed by atoms with E-state index >= 15 is 0 Å². The zero-order chi connectivity index (χ0) is 14.5. The van der Waals surface area contributed by atoms with Gasteiger partial charge in [-0.05, 0) is 27.0 Å². The second kappa shape index (κ2) is 6.52. The van der Waals surface area contributed by atoms with Gasteiger partial charge in [-0.1, -0.05) is 6.07 Å². The van der Waals surface area contributed by atoms with Crippen molar-refractivity contribution in [1.29, 1.82) is 0 Å². The SMILES string of the molecule is CCn1cncc1COc1cc(F)ccc1C(C)NC. The van der Waals surface area contributed by atoms with Gasteiger partial charge in [-0.3, -0.25) is 0 Å². The van der Waals surface area contributed by atoms with Crippen molar-refractivity contribution >= 4 is 0 Å². The first-order valence-electron chi connectivity index (χ1n) is 6.74. The maximum Gasteiger partial charge on any atom is 0.130 e. The van der Waals surface area contributed by atoms with Gasteiger partial charge in [-0.25, -0.2) is 9.37 Å². The third kappa shape index (κ3) is 3.17. The van der Waals surface area contributed by atoms with Gasteiger partial charge in [-0.2, -0.15) is 0 Å². The molecule has 0 aliphatic rings.